The van der Waals surface area contributed by atoms with Crippen LogP contribution < -0.4 is 15.5 Å². The third-order valence-corrected chi connectivity index (χ3v) is 5.85. The van der Waals surface area contributed by atoms with Crippen LogP contribution >= 0.6 is 0 Å². The first-order chi connectivity index (χ1) is 14.7. The molecule has 30 heavy (non-hydrogen) atoms. The Morgan fingerprint density at radius 1 is 1.07 bits per heavy atom. The van der Waals surface area contributed by atoms with E-state index < -0.39 is 0 Å². The molecular weight excluding hydrogens is 374 g/mol. The van der Waals surface area contributed by atoms with Crippen molar-refractivity contribution in [2.45, 2.75) is 25.8 Å². The third-order valence-electron chi connectivity index (χ3n) is 5.85. The summed E-state index contributed by atoms with van der Waals surface area (Å²) >= 11 is 0. The zero-order valence-electron chi connectivity index (χ0n) is 17.5. The van der Waals surface area contributed by atoms with Crippen LogP contribution in [0, 0.1) is 5.92 Å². The maximum Gasteiger partial charge on any atom is 0.279 e. The molecule has 1 atom stereocenters. The molecule has 1 saturated heterocycles. The van der Waals surface area contributed by atoms with Crippen molar-refractivity contribution in [3.05, 3.63) is 84.3 Å². The molecule has 1 fully saturated rings. The van der Waals surface area contributed by atoms with Crippen molar-refractivity contribution in [1.29, 1.82) is 0 Å². The molecule has 5 heteroatoms. The van der Waals surface area contributed by atoms with Crippen LogP contribution in [-0.4, -0.2) is 25.5 Å². The number of anilines is 2. The molecule has 1 aromatic heterocycles. The molecule has 0 bridgehead atoms. The van der Waals surface area contributed by atoms with E-state index in [0.29, 0.717) is 6.54 Å². The van der Waals surface area contributed by atoms with Gasteiger partial charge in [-0.1, -0.05) is 37.3 Å². The number of hydrogen-bond donors (Lipinski definition) is 2. The Hall–Kier alpha value is -3.05. The summed E-state index contributed by atoms with van der Waals surface area (Å²) in [5, 5.41) is 5.02. The van der Waals surface area contributed by atoms with Crippen LogP contribution in [0.15, 0.2) is 77.4 Å². The van der Waals surface area contributed by atoms with Gasteiger partial charge in [0.05, 0.1) is 6.26 Å². The number of quaternary nitrogens is 1. The van der Waals surface area contributed by atoms with E-state index in [1.165, 1.54) is 18.5 Å². The lowest BCUT2D eigenvalue weighted by Crippen LogP contribution is -2.87. The van der Waals surface area contributed by atoms with Gasteiger partial charge in [0, 0.05) is 30.0 Å². The van der Waals surface area contributed by atoms with Gasteiger partial charge in [0.2, 0.25) is 0 Å². The fraction of sp³-hybridized carbons (Fsp3) is 0.320. The quantitative estimate of drug-likeness (QED) is 0.630. The highest BCUT2D eigenvalue weighted by atomic mass is 16.3. The Morgan fingerprint density at radius 2 is 1.80 bits per heavy atom. The molecule has 0 spiro atoms. The van der Waals surface area contributed by atoms with Gasteiger partial charge in [-0.05, 0) is 55.2 Å². The van der Waals surface area contributed by atoms with Gasteiger partial charge in [-0.25, -0.2) is 0 Å². The highest BCUT2D eigenvalue weighted by Gasteiger charge is 2.21. The van der Waals surface area contributed by atoms with Gasteiger partial charge in [-0.3, -0.25) is 4.79 Å². The maximum absolute atomic E-state index is 12.6. The van der Waals surface area contributed by atoms with Crippen LogP contribution in [0.4, 0.5) is 11.4 Å². The number of amides is 1. The lowest BCUT2D eigenvalue weighted by molar-refractivity contribution is -0.678. The molecular formula is C25H30N3O2+. The number of hydrogen-bond acceptors (Lipinski definition) is 3. The molecule has 0 radical (unpaired) electrons. The molecule has 3 N–H and O–H groups in total. The second-order valence-electron chi connectivity index (χ2n) is 8.11. The summed E-state index contributed by atoms with van der Waals surface area (Å²) in [5.74, 6) is 1.63. The number of nitrogens with one attached hydrogen (secondary N) is 1. The summed E-state index contributed by atoms with van der Waals surface area (Å²) < 4.78 is 5.61. The van der Waals surface area contributed by atoms with E-state index in [0.717, 1.165) is 36.0 Å². The van der Waals surface area contributed by atoms with Crippen LogP contribution in [0.1, 0.15) is 37.1 Å². The van der Waals surface area contributed by atoms with E-state index in [2.05, 4.69) is 41.4 Å². The monoisotopic (exact) mass is 404 g/mol. The molecule has 1 aliphatic rings. The molecule has 0 aliphatic carbocycles. The summed E-state index contributed by atoms with van der Waals surface area (Å²) in [6.07, 6.45) is 4.16. The molecule has 2 aromatic carbocycles. The normalized spacial score (nSPS) is 15.7. The molecule has 5 nitrogen and oxygen atoms in total. The average Bonchev–Trinajstić information content (AvgIpc) is 3.30. The van der Waals surface area contributed by atoms with Crippen molar-refractivity contribution in [1.82, 2.24) is 0 Å². The largest absolute Gasteiger partial charge is 0.463 e. The number of furan rings is 1. The minimum absolute atomic E-state index is 0.0259. The molecule has 3 aromatic rings. The van der Waals surface area contributed by atoms with Gasteiger partial charge >= 0.3 is 0 Å². The van der Waals surface area contributed by atoms with Crippen molar-refractivity contribution >= 4 is 17.3 Å². The van der Waals surface area contributed by atoms with Crippen molar-refractivity contribution < 1.29 is 14.5 Å². The Morgan fingerprint density at radius 3 is 2.47 bits per heavy atom. The van der Waals surface area contributed by atoms with E-state index in [1.807, 2.05) is 47.8 Å². The van der Waals surface area contributed by atoms with Gasteiger partial charge in [0.25, 0.3) is 5.91 Å². The number of carbonyl (C=O) groups is 1. The van der Waals surface area contributed by atoms with Crippen LogP contribution in [0.25, 0.3) is 0 Å². The van der Waals surface area contributed by atoms with Gasteiger partial charge in [-0.15, -0.1) is 0 Å². The summed E-state index contributed by atoms with van der Waals surface area (Å²) in [6, 6.07) is 22.1. The van der Waals surface area contributed by atoms with Gasteiger partial charge in [0.1, 0.15) is 0 Å². The van der Waals surface area contributed by atoms with E-state index >= 15 is 0 Å². The third kappa shape index (κ3) is 5.10. The lowest BCUT2D eigenvalue weighted by atomic mass is 9.99. The van der Waals surface area contributed by atoms with E-state index in [1.54, 1.807) is 6.26 Å². The number of nitrogens with two attached hydrogens (primary N) is 1. The minimum atomic E-state index is -0.0455. The lowest BCUT2D eigenvalue weighted by Gasteiger charge is -2.32. The zero-order valence-corrected chi connectivity index (χ0v) is 17.5. The van der Waals surface area contributed by atoms with Gasteiger partial charge < -0.3 is 20.0 Å². The Balaban J connectivity index is 1.33. The summed E-state index contributed by atoms with van der Waals surface area (Å²) in [4.78, 5) is 15.0. The molecule has 156 valence electrons. The summed E-state index contributed by atoms with van der Waals surface area (Å²) in [7, 11) is 0. The van der Waals surface area contributed by atoms with E-state index in [-0.39, 0.29) is 11.9 Å². The Labute approximate surface area is 178 Å². The first-order valence-corrected chi connectivity index (χ1v) is 10.8. The van der Waals surface area contributed by atoms with Gasteiger partial charge in [0.15, 0.2) is 18.3 Å². The van der Waals surface area contributed by atoms with Crippen molar-refractivity contribution in [3.63, 3.8) is 0 Å². The number of piperidine rings is 1. The highest BCUT2D eigenvalue weighted by Crippen LogP contribution is 2.24. The maximum atomic E-state index is 12.6. The van der Waals surface area contributed by atoms with Crippen molar-refractivity contribution in [2.75, 3.05) is 29.9 Å². The van der Waals surface area contributed by atoms with Crippen LogP contribution in [0.3, 0.4) is 0 Å². The molecule has 4 rings (SSSR count). The average molecular weight is 405 g/mol. The molecule has 1 aliphatic heterocycles. The first kappa shape index (κ1) is 20.2. The Bertz CT molecular complexity index is 915. The van der Waals surface area contributed by atoms with Crippen LogP contribution in [0.2, 0.25) is 0 Å². The second-order valence-corrected chi connectivity index (χ2v) is 8.11. The molecule has 0 saturated carbocycles. The predicted octanol–water partition coefficient (Wildman–Crippen LogP) is 3.81. The van der Waals surface area contributed by atoms with Crippen molar-refractivity contribution in [3.8, 4) is 0 Å². The van der Waals surface area contributed by atoms with E-state index in [9.17, 15) is 4.79 Å². The number of nitrogens with zero attached hydrogens (tertiary/aromatic N) is 1. The molecule has 1 amide bonds. The first-order valence-electron chi connectivity index (χ1n) is 10.8. The SMILES string of the molecule is CC1CCN(c2ccc(NC(=O)C[NH2+][C@@H](c3ccccc3)c3ccco3)cc2)CC1. The highest BCUT2D eigenvalue weighted by molar-refractivity contribution is 5.91. The smallest absolute Gasteiger partial charge is 0.279 e. The van der Waals surface area contributed by atoms with Crippen molar-refractivity contribution in [2.24, 2.45) is 5.92 Å². The zero-order chi connectivity index (χ0) is 20.8. The van der Waals surface area contributed by atoms with Gasteiger partial charge in [-0.2, -0.15) is 0 Å². The fourth-order valence-corrected chi connectivity index (χ4v) is 4.00. The number of rotatable bonds is 7. The van der Waals surface area contributed by atoms with Crippen LogP contribution in [0.5, 0.6) is 0 Å². The van der Waals surface area contributed by atoms with Crippen LogP contribution in [-0.2, 0) is 4.79 Å². The van der Waals surface area contributed by atoms with E-state index in [4.69, 9.17) is 4.42 Å². The topological polar surface area (TPSA) is 62.1 Å². The predicted molar refractivity (Wildman–Crippen MR) is 119 cm³/mol. The minimum Gasteiger partial charge on any atom is -0.463 e. The molecule has 2 heterocycles. The Kier molecular flexibility index (Phi) is 6.50. The fourth-order valence-electron chi connectivity index (χ4n) is 4.00. The number of carbonyl (C=O) groups excluding carboxylic acids is 1. The number of benzene rings is 2. The molecule has 0 unspecified atom stereocenters. The standard InChI is InChI=1S/C25H29N3O2/c1-19-13-15-28(16-14-19)22-11-9-21(10-12-22)27-24(29)18-26-25(23-8-5-17-30-23)20-6-3-2-4-7-20/h2-12,17,19,25-26H,13-16,18H2,1H3,(H,27,29)/p+1/t25-/m0/s1. The summed E-state index contributed by atoms with van der Waals surface area (Å²) in [5.41, 5.74) is 3.17. The summed E-state index contributed by atoms with van der Waals surface area (Å²) in [6.45, 7) is 4.85. The second kappa shape index (κ2) is 9.63.